The highest BCUT2D eigenvalue weighted by atomic mass is 16.4. The maximum atomic E-state index is 11.8. The predicted molar refractivity (Wildman–Crippen MR) is 190 cm³/mol. The van der Waals surface area contributed by atoms with Gasteiger partial charge in [-0.15, -0.1) is 0 Å². The molecule has 0 heterocycles. The van der Waals surface area contributed by atoms with Gasteiger partial charge in [0, 0.05) is 0 Å². The molecule has 0 aliphatic heterocycles. The Morgan fingerprint density at radius 2 is 0.568 bits per heavy atom. The van der Waals surface area contributed by atoms with E-state index < -0.39 is 11.9 Å². The van der Waals surface area contributed by atoms with Crippen molar-refractivity contribution >= 4 is 11.9 Å². The van der Waals surface area contributed by atoms with E-state index in [9.17, 15) is 19.8 Å². The highest BCUT2D eigenvalue weighted by Crippen LogP contribution is 2.16. The van der Waals surface area contributed by atoms with Crippen LogP contribution in [0.3, 0.4) is 0 Å². The number of hydrogen-bond acceptors (Lipinski definition) is 2. The Bertz CT molecular complexity index is 686. The van der Waals surface area contributed by atoms with E-state index >= 15 is 0 Å². The molecule has 0 aromatic heterocycles. The maximum Gasteiger partial charge on any atom is 0.336 e. The minimum Gasteiger partial charge on any atom is -0.478 e. The first-order valence-corrected chi connectivity index (χ1v) is 19.1. The zero-order valence-corrected chi connectivity index (χ0v) is 29.2. The Labute approximate surface area is 273 Å². The fourth-order valence-corrected chi connectivity index (χ4v) is 5.87. The Kier molecular flexibility index (Phi) is 32.6. The van der Waals surface area contributed by atoms with E-state index in [0.717, 1.165) is 38.5 Å². The lowest BCUT2D eigenvalue weighted by Gasteiger charge is -2.03. The number of carbonyl (C=O) groups is 2. The van der Waals surface area contributed by atoms with Crippen LogP contribution in [0.1, 0.15) is 206 Å². The lowest BCUT2D eigenvalue weighted by atomic mass is 10.0. The van der Waals surface area contributed by atoms with Gasteiger partial charge in [0.2, 0.25) is 0 Å². The smallest absolute Gasteiger partial charge is 0.336 e. The topological polar surface area (TPSA) is 74.6 Å². The first kappa shape index (κ1) is 42.2. The van der Waals surface area contributed by atoms with Crippen LogP contribution in [0.4, 0.5) is 0 Å². The molecule has 0 aliphatic rings. The molecule has 4 nitrogen and oxygen atoms in total. The van der Waals surface area contributed by atoms with Crippen molar-refractivity contribution in [2.45, 2.75) is 206 Å². The van der Waals surface area contributed by atoms with Gasteiger partial charge in [0.05, 0.1) is 11.1 Å². The molecule has 0 aliphatic carbocycles. The van der Waals surface area contributed by atoms with Gasteiger partial charge in [-0.2, -0.15) is 0 Å². The molecule has 4 heteroatoms. The molecule has 0 atom stereocenters. The molecular formula is C40H72O4. The molecule has 0 fully saturated rings. The summed E-state index contributed by atoms with van der Waals surface area (Å²) in [5.74, 6) is -2.36. The molecule has 0 radical (unpaired) electrons. The number of rotatable bonds is 34. The Balaban J connectivity index is 4.02. The highest BCUT2D eigenvalue weighted by Gasteiger charge is 2.15. The van der Waals surface area contributed by atoms with Crippen molar-refractivity contribution in [3.05, 3.63) is 35.5 Å². The molecule has 0 bridgehead atoms. The summed E-state index contributed by atoms with van der Waals surface area (Å²) < 4.78 is 0. The number of unbranched alkanes of at least 4 members (excludes halogenated alkanes) is 28. The molecular weight excluding hydrogens is 544 g/mol. The minimum absolute atomic E-state index is 0.125. The second-order valence-electron chi connectivity index (χ2n) is 13.0. The second kappa shape index (κ2) is 34.0. The van der Waals surface area contributed by atoms with Gasteiger partial charge < -0.3 is 10.2 Å². The van der Waals surface area contributed by atoms with Gasteiger partial charge in [0.15, 0.2) is 0 Å². The summed E-state index contributed by atoms with van der Waals surface area (Å²) >= 11 is 0. The van der Waals surface area contributed by atoms with Gasteiger partial charge in [0.25, 0.3) is 0 Å². The van der Waals surface area contributed by atoms with Gasteiger partial charge in [0.1, 0.15) is 0 Å². The van der Waals surface area contributed by atoms with Crippen molar-refractivity contribution in [2.24, 2.45) is 0 Å². The normalized spacial score (nSPS) is 12.4. The van der Waals surface area contributed by atoms with Gasteiger partial charge in [-0.25, -0.2) is 9.59 Å². The fraction of sp³-hybridized carbons (Fsp3) is 0.800. The largest absolute Gasteiger partial charge is 0.478 e. The van der Waals surface area contributed by atoms with E-state index in [1.165, 1.54) is 166 Å². The molecule has 0 aromatic rings. The molecule has 0 spiro atoms. The summed E-state index contributed by atoms with van der Waals surface area (Å²) in [6, 6.07) is 0. The Morgan fingerprint density at radius 3 is 0.773 bits per heavy atom. The van der Waals surface area contributed by atoms with Crippen LogP contribution in [0.25, 0.3) is 0 Å². The van der Waals surface area contributed by atoms with Crippen LogP contribution in [0, 0.1) is 0 Å². The van der Waals surface area contributed by atoms with E-state index in [2.05, 4.69) is 13.8 Å². The van der Waals surface area contributed by atoms with Gasteiger partial charge in [-0.1, -0.05) is 205 Å². The van der Waals surface area contributed by atoms with E-state index in [1.54, 1.807) is 0 Å². The SMILES string of the molecule is CCCCCCCCCCCCCCCC/C=C/C(C(=O)O)=C(/C=C/CCCCCCCCCCCCCCCC)C(=O)O. The zero-order valence-electron chi connectivity index (χ0n) is 29.2. The van der Waals surface area contributed by atoms with E-state index in [0.29, 0.717) is 0 Å². The van der Waals surface area contributed by atoms with Crippen LogP contribution in [0.15, 0.2) is 35.5 Å². The first-order chi connectivity index (χ1) is 21.5. The van der Waals surface area contributed by atoms with Gasteiger partial charge in [-0.3, -0.25) is 0 Å². The summed E-state index contributed by atoms with van der Waals surface area (Å²) in [4.78, 5) is 23.6. The Hall–Kier alpha value is -1.84. The molecule has 0 aromatic carbocycles. The van der Waals surface area contributed by atoms with Crippen LogP contribution >= 0.6 is 0 Å². The van der Waals surface area contributed by atoms with E-state index in [-0.39, 0.29) is 11.1 Å². The van der Waals surface area contributed by atoms with Crippen molar-refractivity contribution in [3.8, 4) is 0 Å². The summed E-state index contributed by atoms with van der Waals surface area (Å²) in [6.45, 7) is 4.53. The van der Waals surface area contributed by atoms with Crippen molar-refractivity contribution in [1.29, 1.82) is 0 Å². The summed E-state index contributed by atoms with van der Waals surface area (Å²) in [7, 11) is 0. The summed E-state index contributed by atoms with van der Waals surface area (Å²) in [6.07, 6.45) is 44.8. The summed E-state index contributed by atoms with van der Waals surface area (Å²) in [5, 5.41) is 19.3. The molecule has 0 rings (SSSR count). The molecule has 0 saturated carbocycles. The third kappa shape index (κ3) is 28.9. The molecule has 0 saturated heterocycles. The average molecular weight is 617 g/mol. The van der Waals surface area contributed by atoms with Crippen molar-refractivity contribution in [1.82, 2.24) is 0 Å². The Morgan fingerprint density at radius 1 is 0.364 bits per heavy atom. The number of carboxylic acid groups (broad SMARTS) is 2. The third-order valence-corrected chi connectivity index (χ3v) is 8.77. The van der Waals surface area contributed by atoms with E-state index in [4.69, 9.17) is 0 Å². The van der Waals surface area contributed by atoms with Crippen LogP contribution in [-0.4, -0.2) is 22.2 Å². The minimum atomic E-state index is -1.18. The van der Waals surface area contributed by atoms with Crippen molar-refractivity contribution in [2.75, 3.05) is 0 Å². The third-order valence-electron chi connectivity index (χ3n) is 8.77. The zero-order chi connectivity index (χ0) is 32.4. The number of carboxylic acids is 2. The second-order valence-corrected chi connectivity index (χ2v) is 13.0. The molecule has 256 valence electrons. The lowest BCUT2D eigenvalue weighted by molar-refractivity contribution is -0.135. The monoisotopic (exact) mass is 617 g/mol. The molecule has 2 N–H and O–H groups in total. The quantitative estimate of drug-likeness (QED) is 0.0428. The van der Waals surface area contributed by atoms with Gasteiger partial charge in [-0.05, 0) is 25.7 Å². The van der Waals surface area contributed by atoms with Gasteiger partial charge >= 0.3 is 11.9 Å². The standard InChI is InChI=1S/C40H72O4/c1-3-5-7-9-11-13-15-17-19-21-23-25-27-29-31-33-35-37(39(41)42)38(40(43)44)36-34-32-30-28-26-24-22-20-18-16-14-12-10-8-6-4-2/h33-36H,3-32H2,1-2H3,(H,41,42)(H,43,44)/b35-33+,36-34+,38-37+. The van der Waals surface area contributed by atoms with Crippen LogP contribution in [0.5, 0.6) is 0 Å². The highest BCUT2D eigenvalue weighted by molar-refractivity contribution is 6.02. The first-order valence-electron chi connectivity index (χ1n) is 19.1. The van der Waals surface area contributed by atoms with Crippen LogP contribution in [-0.2, 0) is 9.59 Å². The summed E-state index contributed by atoms with van der Waals surface area (Å²) in [5.41, 5.74) is -0.250. The average Bonchev–Trinajstić information content (AvgIpc) is 3.00. The predicted octanol–water partition coefficient (Wildman–Crippen LogP) is 13.3. The molecule has 0 amide bonds. The van der Waals surface area contributed by atoms with Crippen molar-refractivity contribution in [3.63, 3.8) is 0 Å². The van der Waals surface area contributed by atoms with Crippen molar-refractivity contribution < 1.29 is 19.8 Å². The number of aliphatic carboxylic acids is 2. The van der Waals surface area contributed by atoms with Crippen LogP contribution < -0.4 is 0 Å². The maximum absolute atomic E-state index is 11.8. The fourth-order valence-electron chi connectivity index (χ4n) is 5.87. The number of hydrogen-bond donors (Lipinski definition) is 2. The molecule has 0 unspecified atom stereocenters. The molecule has 44 heavy (non-hydrogen) atoms. The van der Waals surface area contributed by atoms with E-state index in [1.807, 2.05) is 12.2 Å². The lowest BCUT2D eigenvalue weighted by Crippen LogP contribution is -2.08. The van der Waals surface area contributed by atoms with Crippen LogP contribution in [0.2, 0.25) is 0 Å². The number of allylic oxidation sites excluding steroid dienone is 2.